The number of amides is 1. The summed E-state index contributed by atoms with van der Waals surface area (Å²) in [5, 5.41) is 10.4. The zero-order valence-electron chi connectivity index (χ0n) is 19.5. The molecule has 1 aromatic rings. The number of nitrogens with one attached hydrogen (secondary N) is 2. The molecule has 1 unspecified atom stereocenters. The second kappa shape index (κ2) is 15.0. The van der Waals surface area contributed by atoms with Gasteiger partial charge in [-0.25, -0.2) is 0 Å². The highest BCUT2D eigenvalue weighted by Crippen LogP contribution is 2.23. The van der Waals surface area contributed by atoms with Crippen molar-refractivity contribution in [2.24, 2.45) is 17.6 Å². The van der Waals surface area contributed by atoms with Gasteiger partial charge in [-0.3, -0.25) is 10.2 Å². The van der Waals surface area contributed by atoms with Gasteiger partial charge < -0.3 is 15.8 Å². The summed E-state index contributed by atoms with van der Waals surface area (Å²) in [5.41, 5.74) is 7.55. The van der Waals surface area contributed by atoms with Gasteiger partial charge in [-0.1, -0.05) is 64.0 Å². The molecule has 0 spiro atoms. The number of amidine groups is 1. The van der Waals surface area contributed by atoms with Crippen molar-refractivity contribution < 1.29 is 9.53 Å². The first-order chi connectivity index (χ1) is 15.1. The van der Waals surface area contributed by atoms with Crippen molar-refractivity contribution in [1.29, 1.82) is 5.41 Å². The monoisotopic (exact) mass is 429 g/mol. The van der Waals surface area contributed by atoms with Crippen molar-refractivity contribution in [1.82, 2.24) is 0 Å². The largest absolute Gasteiger partial charge is 0.387 e. The molecule has 1 aliphatic rings. The second-order valence-corrected chi connectivity index (χ2v) is 9.05. The van der Waals surface area contributed by atoms with Crippen LogP contribution in [0.4, 0.5) is 5.69 Å². The molecule has 0 aliphatic heterocycles. The second-order valence-electron chi connectivity index (χ2n) is 9.05. The van der Waals surface area contributed by atoms with E-state index >= 15 is 0 Å². The minimum atomic E-state index is -0.553. The third kappa shape index (κ3) is 10.3. The highest BCUT2D eigenvalue weighted by molar-refractivity contribution is 6.06. The summed E-state index contributed by atoms with van der Waals surface area (Å²) < 4.78 is 5.88. The molecule has 0 bridgehead atoms. The van der Waals surface area contributed by atoms with Crippen LogP contribution in [0.2, 0.25) is 0 Å². The fourth-order valence-electron chi connectivity index (χ4n) is 4.37. The molecule has 5 nitrogen and oxygen atoms in total. The van der Waals surface area contributed by atoms with E-state index in [1.54, 1.807) is 0 Å². The van der Waals surface area contributed by atoms with E-state index in [4.69, 9.17) is 15.9 Å². The number of unbranched alkanes of at least 4 members (excludes halogenated alkanes) is 5. The molecule has 0 aromatic heterocycles. The van der Waals surface area contributed by atoms with E-state index in [9.17, 15) is 4.79 Å². The molecule has 1 aromatic carbocycles. The van der Waals surface area contributed by atoms with Gasteiger partial charge in [0.25, 0.3) is 0 Å². The third-order valence-corrected chi connectivity index (χ3v) is 6.40. The van der Waals surface area contributed by atoms with Crippen molar-refractivity contribution in [2.75, 3.05) is 18.5 Å². The molecule has 31 heavy (non-hydrogen) atoms. The lowest BCUT2D eigenvalue weighted by Gasteiger charge is -2.21. The Labute approximate surface area is 189 Å². The minimum absolute atomic E-state index is 0.0800. The molecule has 5 heteroatoms. The van der Waals surface area contributed by atoms with Crippen LogP contribution in [0.15, 0.2) is 24.3 Å². The quantitative estimate of drug-likeness (QED) is 0.180. The highest BCUT2D eigenvalue weighted by atomic mass is 16.5. The van der Waals surface area contributed by atoms with Gasteiger partial charge >= 0.3 is 0 Å². The fraction of sp³-hybridized carbons (Fsp3) is 0.692. The molecule has 0 heterocycles. The smallest absolute Gasteiger partial charge is 0.235 e. The minimum Gasteiger partial charge on any atom is -0.387 e. The van der Waals surface area contributed by atoms with Crippen LogP contribution in [0.3, 0.4) is 0 Å². The average Bonchev–Trinajstić information content (AvgIpc) is 2.77. The van der Waals surface area contributed by atoms with Crippen molar-refractivity contribution in [2.45, 2.75) is 90.4 Å². The number of hydrogen-bond donors (Lipinski definition) is 3. The maximum Gasteiger partial charge on any atom is 0.235 e. The van der Waals surface area contributed by atoms with E-state index in [2.05, 4.69) is 17.4 Å². The van der Waals surface area contributed by atoms with Crippen molar-refractivity contribution in [3.8, 4) is 0 Å². The molecule has 0 saturated heterocycles. The predicted molar refractivity (Wildman–Crippen MR) is 130 cm³/mol. The van der Waals surface area contributed by atoms with Crippen LogP contribution in [-0.2, 0) is 16.0 Å². The number of carbonyl (C=O) groups excluding carboxylic acids is 1. The lowest BCUT2D eigenvalue weighted by molar-refractivity contribution is -0.118. The number of rotatable bonds is 15. The van der Waals surface area contributed by atoms with E-state index in [1.165, 1.54) is 76.2 Å². The molecule has 1 saturated carbocycles. The molecule has 1 aliphatic carbocycles. The molecule has 1 amide bonds. The summed E-state index contributed by atoms with van der Waals surface area (Å²) in [6, 6.07) is 8.03. The van der Waals surface area contributed by atoms with Crippen LogP contribution in [0.1, 0.15) is 89.5 Å². The Kier molecular flexibility index (Phi) is 12.3. The number of nitrogens with two attached hydrogens (primary N) is 1. The SMILES string of the molecule is CCC(C(=N)N)C(=O)Nc1ccc(CCCCCCCCOCC2CCCCC2)cc1. The van der Waals surface area contributed by atoms with Crippen molar-refractivity contribution >= 4 is 17.4 Å². The third-order valence-electron chi connectivity index (χ3n) is 6.40. The van der Waals surface area contributed by atoms with Crippen LogP contribution in [0, 0.1) is 17.2 Å². The average molecular weight is 430 g/mol. The topological polar surface area (TPSA) is 88.2 Å². The van der Waals surface area contributed by atoms with Crippen molar-refractivity contribution in [3.63, 3.8) is 0 Å². The number of aryl methyl sites for hydroxylation is 1. The van der Waals surface area contributed by atoms with E-state index in [0.717, 1.165) is 31.2 Å². The van der Waals surface area contributed by atoms with E-state index < -0.39 is 5.92 Å². The van der Waals surface area contributed by atoms with Crippen LogP contribution >= 0.6 is 0 Å². The van der Waals surface area contributed by atoms with Crippen LogP contribution < -0.4 is 11.1 Å². The lowest BCUT2D eigenvalue weighted by Crippen LogP contribution is -2.33. The summed E-state index contributed by atoms with van der Waals surface area (Å²) in [4.78, 5) is 12.2. The Bertz CT molecular complexity index is 639. The van der Waals surface area contributed by atoms with Gasteiger partial charge in [0.15, 0.2) is 0 Å². The fourth-order valence-corrected chi connectivity index (χ4v) is 4.37. The zero-order valence-corrected chi connectivity index (χ0v) is 19.5. The number of ether oxygens (including phenoxy) is 1. The van der Waals surface area contributed by atoms with E-state index in [0.29, 0.717) is 6.42 Å². The van der Waals surface area contributed by atoms with Gasteiger partial charge in [0.2, 0.25) is 5.91 Å². The Morgan fingerprint density at radius 3 is 2.35 bits per heavy atom. The molecule has 0 radical (unpaired) electrons. The van der Waals surface area contributed by atoms with Gasteiger partial charge in [0, 0.05) is 18.9 Å². The molecule has 4 N–H and O–H groups in total. The zero-order chi connectivity index (χ0) is 22.3. The number of anilines is 1. The Balaban J connectivity index is 1.48. The first-order valence-electron chi connectivity index (χ1n) is 12.4. The summed E-state index contributed by atoms with van der Waals surface area (Å²) >= 11 is 0. The Morgan fingerprint density at radius 1 is 1.06 bits per heavy atom. The molecular weight excluding hydrogens is 386 g/mol. The van der Waals surface area contributed by atoms with E-state index in [1.807, 2.05) is 19.1 Å². The molecular formula is C26H43N3O2. The Hall–Kier alpha value is -1.88. The molecule has 174 valence electrons. The van der Waals surface area contributed by atoms with Crippen LogP contribution in [0.25, 0.3) is 0 Å². The van der Waals surface area contributed by atoms with Gasteiger partial charge in [-0.15, -0.1) is 0 Å². The standard InChI is InChI=1S/C26H43N3O2/c1-2-24(25(27)28)26(30)29-23-17-15-21(16-18-23)12-8-5-3-4-6-11-19-31-20-22-13-9-7-10-14-22/h15-18,22,24H,2-14,19-20H2,1H3,(H3,27,28)(H,29,30). The normalized spacial score (nSPS) is 15.5. The van der Waals surface area contributed by atoms with Gasteiger partial charge in [-0.05, 0) is 62.1 Å². The lowest BCUT2D eigenvalue weighted by atomic mass is 9.90. The maximum absolute atomic E-state index is 12.2. The predicted octanol–water partition coefficient (Wildman–Crippen LogP) is 6.07. The summed E-state index contributed by atoms with van der Waals surface area (Å²) in [6.45, 7) is 3.78. The number of carbonyl (C=O) groups is 1. The maximum atomic E-state index is 12.2. The number of benzene rings is 1. The van der Waals surface area contributed by atoms with Crippen LogP contribution in [-0.4, -0.2) is 25.0 Å². The highest BCUT2D eigenvalue weighted by Gasteiger charge is 2.19. The summed E-state index contributed by atoms with van der Waals surface area (Å²) in [6.07, 6.45) is 16.1. The van der Waals surface area contributed by atoms with Crippen molar-refractivity contribution in [3.05, 3.63) is 29.8 Å². The van der Waals surface area contributed by atoms with Gasteiger partial charge in [-0.2, -0.15) is 0 Å². The summed E-state index contributed by atoms with van der Waals surface area (Å²) in [5.74, 6) is -0.0123. The summed E-state index contributed by atoms with van der Waals surface area (Å²) in [7, 11) is 0. The first-order valence-corrected chi connectivity index (χ1v) is 12.4. The molecule has 2 rings (SSSR count). The Morgan fingerprint density at radius 2 is 1.71 bits per heavy atom. The number of hydrogen-bond acceptors (Lipinski definition) is 3. The van der Waals surface area contributed by atoms with Crippen LogP contribution in [0.5, 0.6) is 0 Å². The first kappa shape index (κ1) is 25.4. The van der Waals surface area contributed by atoms with Gasteiger partial charge in [0.1, 0.15) is 5.84 Å². The molecule has 1 fully saturated rings. The molecule has 1 atom stereocenters. The van der Waals surface area contributed by atoms with Gasteiger partial charge in [0.05, 0.1) is 5.92 Å². The van der Waals surface area contributed by atoms with E-state index in [-0.39, 0.29) is 11.7 Å².